The van der Waals surface area contributed by atoms with E-state index < -0.39 is 49.7 Å². The number of carboxylic acid groups (broad SMARTS) is 3. The summed E-state index contributed by atoms with van der Waals surface area (Å²) in [5.41, 5.74) is 5.16. The molecular formula is C14H26N4O9. The molecular weight excluding hydrogens is 368 g/mol. The van der Waals surface area contributed by atoms with Crippen molar-refractivity contribution in [1.29, 1.82) is 0 Å². The molecule has 0 aliphatic rings. The molecule has 13 heteroatoms. The van der Waals surface area contributed by atoms with Crippen LogP contribution in [0.3, 0.4) is 0 Å². The fraction of sp³-hybridized carbons (Fsp3) is 0.714. The van der Waals surface area contributed by atoms with E-state index in [2.05, 4.69) is 0 Å². The van der Waals surface area contributed by atoms with Gasteiger partial charge in [0, 0.05) is 32.7 Å². The average molecular weight is 394 g/mol. The average Bonchev–Trinajstić information content (AvgIpc) is 2.46. The fourth-order valence-corrected chi connectivity index (χ4v) is 2.31. The van der Waals surface area contributed by atoms with Gasteiger partial charge in [0.1, 0.15) is 0 Å². The molecule has 0 fully saturated rings. The van der Waals surface area contributed by atoms with E-state index in [9.17, 15) is 19.2 Å². The van der Waals surface area contributed by atoms with Gasteiger partial charge in [-0.15, -0.1) is 0 Å². The summed E-state index contributed by atoms with van der Waals surface area (Å²) in [7, 11) is 0. The number of carbonyl (C=O) groups is 4. The lowest BCUT2D eigenvalue weighted by Crippen LogP contribution is -2.46. The van der Waals surface area contributed by atoms with Gasteiger partial charge in [0.25, 0.3) is 0 Å². The molecule has 0 rings (SSSR count). The quantitative estimate of drug-likeness (QED) is 0.138. The molecule has 7 N–H and O–H groups in total. The Morgan fingerprint density at radius 1 is 0.667 bits per heavy atom. The topological polar surface area (TPSA) is 205 Å². The van der Waals surface area contributed by atoms with Crippen LogP contribution in [0, 0.1) is 0 Å². The Bertz CT molecular complexity index is 499. The zero-order chi connectivity index (χ0) is 21.0. The Labute approximate surface area is 155 Å². The van der Waals surface area contributed by atoms with Gasteiger partial charge in [-0.3, -0.25) is 33.9 Å². The minimum absolute atomic E-state index is 0.0213. The minimum atomic E-state index is -1.74. The highest BCUT2D eigenvalue weighted by molar-refractivity contribution is 5.76. The van der Waals surface area contributed by atoms with E-state index in [1.54, 1.807) is 0 Å². The van der Waals surface area contributed by atoms with Crippen LogP contribution < -0.4 is 5.73 Å². The van der Waals surface area contributed by atoms with Gasteiger partial charge in [-0.2, -0.15) is 0 Å². The lowest BCUT2D eigenvalue weighted by atomic mass is 10.3. The van der Waals surface area contributed by atoms with Crippen LogP contribution in [0.2, 0.25) is 0 Å². The second kappa shape index (κ2) is 12.9. The second-order valence-electron chi connectivity index (χ2n) is 5.85. The Balaban J connectivity index is 4.82. The Kier molecular flexibility index (Phi) is 11.8. The molecule has 0 aliphatic carbocycles. The molecule has 1 amide bonds. The van der Waals surface area contributed by atoms with Crippen molar-refractivity contribution in [1.82, 2.24) is 14.7 Å². The molecule has 0 aromatic carbocycles. The van der Waals surface area contributed by atoms with Gasteiger partial charge in [-0.25, -0.2) is 0 Å². The van der Waals surface area contributed by atoms with E-state index in [-0.39, 0.29) is 39.3 Å². The maximum absolute atomic E-state index is 11.2. The summed E-state index contributed by atoms with van der Waals surface area (Å²) in [6.07, 6.45) is -1.74. The third kappa shape index (κ3) is 14.5. The Hall–Kier alpha value is -2.32. The summed E-state index contributed by atoms with van der Waals surface area (Å²) in [6, 6.07) is 0. The van der Waals surface area contributed by atoms with Crippen LogP contribution in [0.15, 0.2) is 0 Å². The predicted octanol–water partition coefficient (Wildman–Crippen LogP) is -4.06. The van der Waals surface area contributed by atoms with Crippen molar-refractivity contribution >= 4 is 23.8 Å². The van der Waals surface area contributed by atoms with Gasteiger partial charge >= 0.3 is 17.9 Å². The molecule has 0 bridgehead atoms. The summed E-state index contributed by atoms with van der Waals surface area (Å²) >= 11 is 0. The first-order valence-corrected chi connectivity index (χ1v) is 7.96. The predicted molar refractivity (Wildman–Crippen MR) is 89.6 cm³/mol. The van der Waals surface area contributed by atoms with Crippen LogP contribution in [0.4, 0.5) is 0 Å². The van der Waals surface area contributed by atoms with Crippen LogP contribution >= 0.6 is 0 Å². The molecule has 0 heterocycles. The van der Waals surface area contributed by atoms with E-state index in [0.717, 1.165) is 4.90 Å². The minimum Gasteiger partial charge on any atom is -0.480 e. The van der Waals surface area contributed by atoms with Crippen molar-refractivity contribution in [3.63, 3.8) is 0 Å². The van der Waals surface area contributed by atoms with Crippen LogP contribution in [0.5, 0.6) is 0 Å². The summed E-state index contributed by atoms with van der Waals surface area (Å²) in [5.74, 6) is -4.26. The molecule has 0 aromatic rings. The molecule has 0 unspecified atom stereocenters. The number of rotatable bonds is 16. The van der Waals surface area contributed by atoms with Gasteiger partial charge in [0.05, 0.1) is 26.2 Å². The van der Waals surface area contributed by atoms with Crippen LogP contribution in [-0.2, 0) is 19.2 Å². The zero-order valence-corrected chi connectivity index (χ0v) is 14.7. The molecule has 13 nitrogen and oxygen atoms in total. The molecule has 0 aliphatic heterocycles. The van der Waals surface area contributed by atoms with Gasteiger partial charge in [-0.05, 0) is 0 Å². The summed E-state index contributed by atoms with van der Waals surface area (Å²) in [6.45, 7) is -1.67. The van der Waals surface area contributed by atoms with Crippen LogP contribution in [0.1, 0.15) is 0 Å². The number of amides is 1. The third-order valence-corrected chi connectivity index (χ3v) is 3.34. The number of nitrogens with zero attached hydrogens (tertiary/aromatic N) is 3. The molecule has 0 atom stereocenters. The summed E-state index contributed by atoms with van der Waals surface area (Å²) < 4.78 is 0. The third-order valence-electron chi connectivity index (χ3n) is 3.34. The van der Waals surface area contributed by atoms with Crippen molar-refractivity contribution in [2.75, 3.05) is 58.9 Å². The number of carboxylic acids is 3. The summed E-state index contributed by atoms with van der Waals surface area (Å²) in [4.78, 5) is 47.5. The second-order valence-corrected chi connectivity index (χ2v) is 5.85. The monoisotopic (exact) mass is 394 g/mol. The van der Waals surface area contributed by atoms with Gasteiger partial charge < -0.3 is 31.3 Å². The van der Waals surface area contributed by atoms with E-state index in [1.165, 1.54) is 9.80 Å². The first-order chi connectivity index (χ1) is 12.5. The summed E-state index contributed by atoms with van der Waals surface area (Å²) in [5, 5.41) is 44.5. The maximum Gasteiger partial charge on any atom is 0.317 e. The highest BCUT2D eigenvalue weighted by Crippen LogP contribution is 1.97. The fourth-order valence-electron chi connectivity index (χ4n) is 2.31. The molecule has 0 radical (unpaired) electrons. The molecule has 0 aromatic heterocycles. The van der Waals surface area contributed by atoms with E-state index in [0.29, 0.717) is 0 Å². The number of nitrogens with two attached hydrogens (primary N) is 1. The van der Waals surface area contributed by atoms with Gasteiger partial charge in [-0.1, -0.05) is 0 Å². The van der Waals surface area contributed by atoms with E-state index >= 15 is 0 Å². The van der Waals surface area contributed by atoms with E-state index in [1.807, 2.05) is 0 Å². The van der Waals surface area contributed by atoms with Gasteiger partial charge in [0.2, 0.25) is 5.91 Å². The normalized spacial score (nSPS) is 11.5. The van der Waals surface area contributed by atoms with Crippen LogP contribution in [-0.4, -0.2) is 129 Å². The first-order valence-electron chi connectivity index (χ1n) is 7.96. The van der Waals surface area contributed by atoms with Crippen molar-refractivity contribution in [3.8, 4) is 0 Å². The Morgan fingerprint density at radius 3 is 1.41 bits per heavy atom. The first kappa shape index (κ1) is 24.7. The molecule has 27 heavy (non-hydrogen) atoms. The van der Waals surface area contributed by atoms with Crippen LogP contribution in [0.25, 0.3) is 0 Å². The highest BCUT2D eigenvalue weighted by Gasteiger charge is 2.18. The number of aliphatic hydroxyl groups excluding tert-OH is 1. The van der Waals surface area contributed by atoms with Crippen molar-refractivity contribution < 1.29 is 44.7 Å². The lowest BCUT2D eigenvalue weighted by Gasteiger charge is -2.28. The molecule has 0 saturated heterocycles. The molecule has 156 valence electrons. The number of aliphatic carboxylic acids is 3. The number of primary amides is 1. The number of aliphatic hydroxyl groups is 2. The SMILES string of the molecule is NC(=O)CN(CCN(CC(=O)O)CC(=O)O)CCN(CC(=O)O)CC(O)O. The van der Waals surface area contributed by atoms with E-state index in [4.69, 9.17) is 31.3 Å². The number of hydrogen-bond donors (Lipinski definition) is 6. The Morgan fingerprint density at radius 2 is 1.04 bits per heavy atom. The van der Waals surface area contributed by atoms with Gasteiger partial charge in [0.15, 0.2) is 6.29 Å². The smallest absolute Gasteiger partial charge is 0.317 e. The highest BCUT2D eigenvalue weighted by atomic mass is 16.5. The number of hydrogen-bond acceptors (Lipinski definition) is 9. The van der Waals surface area contributed by atoms with Crippen molar-refractivity contribution in [2.24, 2.45) is 5.73 Å². The maximum atomic E-state index is 11.2. The zero-order valence-electron chi connectivity index (χ0n) is 14.7. The molecule has 0 spiro atoms. The van der Waals surface area contributed by atoms with Crippen molar-refractivity contribution in [3.05, 3.63) is 0 Å². The molecule has 0 saturated carbocycles. The van der Waals surface area contributed by atoms with Crippen molar-refractivity contribution in [2.45, 2.75) is 6.29 Å². The standard InChI is InChI=1S/C14H26N4O9/c15-10(19)5-16(1-3-17(6-11(20)21)7-12(22)23)2-4-18(8-13(24)25)9-14(26)27/h11,20-21H,1-9H2,(H2,15,19)(H,22,23)(H,24,25)(H,26,27). The largest absolute Gasteiger partial charge is 0.480 e. The lowest BCUT2D eigenvalue weighted by molar-refractivity contribution is -0.142. The number of carbonyl (C=O) groups excluding carboxylic acids is 1.